The summed E-state index contributed by atoms with van der Waals surface area (Å²) in [5.74, 6) is -1.05. The van der Waals surface area contributed by atoms with E-state index in [2.05, 4.69) is 5.32 Å². The van der Waals surface area contributed by atoms with Crippen LogP contribution in [0.5, 0.6) is 5.75 Å². The van der Waals surface area contributed by atoms with E-state index in [1.165, 1.54) is 72.8 Å². The average molecular weight is 503 g/mol. The molecule has 0 radical (unpaired) electrons. The van der Waals surface area contributed by atoms with Crippen molar-refractivity contribution in [2.75, 3.05) is 5.32 Å². The molecule has 0 aliphatic rings. The lowest BCUT2D eigenvalue weighted by molar-refractivity contribution is -0.384. The highest BCUT2D eigenvalue weighted by Crippen LogP contribution is 2.23. The molecule has 0 atom stereocenters. The minimum absolute atomic E-state index is 0.0428. The van der Waals surface area contributed by atoms with E-state index in [0.717, 1.165) is 0 Å². The first-order chi connectivity index (χ1) is 17.2. The van der Waals surface area contributed by atoms with E-state index in [9.17, 15) is 28.1 Å². The number of amides is 1. The molecule has 0 aromatic heterocycles. The van der Waals surface area contributed by atoms with Gasteiger partial charge in [-0.15, -0.1) is 0 Å². The van der Waals surface area contributed by atoms with Gasteiger partial charge in [-0.25, -0.2) is 13.2 Å². The molecule has 0 saturated heterocycles. The lowest BCUT2D eigenvalue weighted by atomic mass is 10.2. The standard InChI is InChI=1S/C26H18N2O7S/c29-25(18-9-13-21(14-10-18)28(31)32)27-20-5-4-6-22(17-20)35-26(30)19-11-15-24(16-12-19)36(33,34)23-7-2-1-3-8-23/h1-17H,(H,27,29). The quantitative estimate of drug-likeness (QED) is 0.164. The minimum atomic E-state index is -3.71. The van der Waals surface area contributed by atoms with Crippen LogP contribution in [0.3, 0.4) is 0 Å². The number of benzene rings is 4. The summed E-state index contributed by atoms with van der Waals surface area (Å²) in [5.41, 5.74) is 0.565. The van der Waals surface area contributed by atoms with E-state index >= 15 is 0 Å². The normalized spacial score (nSPS) is 10.9. The van der Waals surface area contributed by atoms with Crippen LogP contribution < -0.4 is 10.1 Å². The van der Waals surface area contributed by atoms with Gasteiger partial charge >= 0.3 is 5.97 Å². The van der Waals surface area contributed by atoms with Gasteiger partial charge in [-0.1, -0.05) is 24.3 Å². The molecular weight excluding hydrogens is 484 g/mol. The Morgan fingerprint density at radius 1 is 0.750 bits per heavy atom. The van der Waals surface area contributed by atoms with E-state index in [1.807, 2.05) is 0 Å². The summed E-state index contributed by atoms with van der Waals surface area (Å²) in [6.45, 7) is 0. The van der Waals surface area contributed by atoms with Crippen LogP contribution in [-0.2, 0) is 9.84 Å². The van der Waals surface area contributed by atoms with Gasteiger partial charge in [0.1, 0.15) is 5.75 Å². The number of non-ortho nitro benzene ring substituents is 1. The van der Waals surface area contributed by atoms with Crippen molar-refractivity contribution in [1.29, 1.82) is 0 Å². The molecule has 0 aliphatic heterocycles. The number of carbonyl (C=O) groups excluding carboxylic acids is 2. The molecule has 0 spiro atoms. The molecule has 10 heteroatoms. The molecule has 4 aromatic rings. The maximum Gasteiger partial charge on any atom is 0.343 e. The van der Waals surface area contributed by atoms with Crippen molar-refractivity contribution >= 4 is 33.1 Å². The molecule has 4 aromatic carbocycles. The Morgan fingerprint density at radius 3 is 2.00 bits per heavy atom. The molecule has 0 heterocycles. The van der Waals surface area contributed by atoms with Gasteiger partial charge in [0.05, 0.1) is 20.3 Å². The third kappa shape index (κ3) is 5.45. The minimum Gasteiger partial charge on any atom is -0.423 e. The fourth-order valence-corrected chi connectivity index (χ4v) is 4.53. The van der Waals surface area contributed by atoms with Gasteiger partial charge in [0.2, 0.25) is 9.84 Å². The van der Waals surface area contributed by atoms with Crippen LogP contribution in [0.4, 0.5) is 11.4 Å². The molecular formula is C26H18N2O7S. The number of hydrogen-bond donors (Lipinski definition) is 1. The molecule has 0 saturated carbocycles. The second kappa shape index (κ2) is 10.2. The molecule has 0 fully saturated rings. The number of carbonyl (C=O) groups is 2. The number of anilines is 1. The molecule has 9 nitrogen and oxygen atoms in total. The van der Waals surface area contributed by atoms with Crippen LogP contribution in [0, 0.1) is 10.1 Å². The second-order valence-electron chi connectivity index (χ2n) is 7.52. The van der Waals surface area contributed by atoms with E-state index in [4.69, 9.17) is 4.74 Å². The summed E-state index contributed by atoms with van der Waals surface area (Å²) in [6, 6.07) is 24.6. The fourth-order valence-electron chi connectivity index (χ4n) is 3.25. The number of nitro benzene ring substituents is 1. The number of nitrogens with zero attached hydrogens (tertiary/aromatic N) is 1. The van der Waals surface area contributed by atoms with Crippen LogP contribution >= 0.6 is 0 Å². The van der Waals surface area contributed by atoms with Crippen molar-refractivity contribution in [3.63, 3.8) is 0 Å². The summed E-state index contributed by atoms with van der Waals surface area (Å²) in [5, 5.41) is 13.4. The lowest BCUT2D eigenvalue weighted by Crippen LogP contribution is -2.12. The fraction of sp³-hybridized carbons (Fsp3) is 0. The molecule has 0 bridgehead atoms. The molecule has 1 amide bonds. The Morgan fingerprint density at radius 2 is 1.36 bits per heavy atom. The van der Waals surface area contributed by atoms with Gasteiger partial charge in [-0.3, -0.25) is 14.9 Å². The van der Waals surface area contributed by atoms with E-state index in [0.29, 0.717) is 5.69 Å². The van der Waals surface area contributed by atoms with Crippen molar-refractivity contribution < 1.29 is 27.7 Å². The SMILES string of the molecule is O=C(Nc1cccc(OC(=O)c2ccc(S(=O)(=O)c3ccccc3)cc2)c1)c1ccc([N+](=O)[O-])cc1. The Bertz CT molecular complexity index is 1530. The van der Waals surface area contributed by atoms with E-state index in [-0.39, 0.29) is 32.4 Å². The zero-order valence-corrected chi connectivity index (χ0v) is 19.3. The van der Waals surface area contributed by atoms with Crippen molar-refractivity contribution in [1.82, 2.24) is 0 Å². The van der Waals surface area contributed by atoms with Crippen LogP contribution in [0.2, 0.25) is 0 Å². The van der Waals surface area contributed by atoms with Crippen molar-refractivity contribution in [3.05, 3.63) is 124 Å². The van der Waals surface area contributed by atoms with E-state index in [1.54, 1.807) is 30.3 Å². The van der Waals surface area contributed by atoms with Gasteiger partial charge in [-0.2, -0.15) is 0 Å². The number of esters is 1. The first-order valence-corrected chi connectivity index (χ1v) is 12.0. The first-order valence-electron chi connectivity index (χ1n) is 10.5. The summed E-state index contributed by atoms with van der Waals surface area (Å²) in [4.78, 5) is 35.4. The molecule has 0 aliphatic carbocycles. The molecule has 0 unspecified atom stereocenters. The maximum absolute atomic E-state index is 12.7. The Balaban J connectivity index is 1.43. The maximum atomic E-state index is 12.7. The van der Waals surface area contributed by atoms with Gasteiger partial charge in [0.15, 0.2) is 0 Å². The third-order valence-electron chi connectivity index (χ3n) is 5.10. The summed E-state index contributed by atoms with van der Waals surface area (Å²) < 4.78 is 30.8. The van der Waals surface area contributed by atoms with E-state index < -0.39 is 26.6 Å². The zero-order valence-electron chi connectivity index (χ0n) is 18.5. The highest BCUT2D eigenvalue weighted by atomic mass is 32.2. The Kier molecular flexibility index (Phi) is 6.88. The lowest BCUT2D eigenvalue weighted by Gasteiger charge is -2.09. The molecule has 36 heavy (non-hydrogen) atoms. The summed E-state index contributed by atoms with van der Waals surface area (Å²) >= 11 is 0. The second-order valence-corrected chi connectivity index (χ2v) is 9.47. The Labute approximate surface area is 206 Å². The number of rotatable bonds is 7. The predicted molar refractivity (Wildman–Crippen MR) is 131 cm³/mol. The topological polar surface area (TPSA) is 133 Å². The number of sulfone groups is 1. The smallest absolute Gasteiger partial charge is 0.343 e. The van der Waals surface area contributed by atoms with Crippen molar-refractivity contribution in [2.24, 2.45) is 0 Å². The number of hydrogen-bond acceptors (Lipinski definition) is 7. The van der Waals surface area contributed by atoms with Crippen LogP contribution in [0.1, 0.15) is 20.7 Å². The summed E-state index contributed by atoms with van der Waals surface area (Å²) in [6.07, 6.45) is 0. The molecule has 1 N–H and O–H groups in total. The average Bonchev–Trinajstić information content (AvgIpc) is 2.89. The summed E-state index contributed by atoms with van der Waals surface area (Å²) in [7, 11) is -3.71. The van der Waals surface area contributed by atoms with Gasteiger partial charge in [0, 0.05) is 29.4 Å². The number of ether oxygens (including phenoxy) is 1. The molecule has 4 rings (SSSR count). The zero-order chi connectivity index (χ0) is 25.7. The predicted octanol–water partition coefficient (Wildman–Crippen LogP) is 4.90. The van der Waals surface area contributed by atoms with Gasteiger partial charge in [0.25, 0.3) is 11.6 Å². The highest BCUT2D eigenvalue weighted by Gasteiger charge is 2.18. The first kappa shape index (κ1) is 24.3. The van der Waals surface area contributed by atoms with Crippen LogP contribution in [-0.4, -0.2) is 25.2 Å². The number of nitro groups is 1. The van der Waals surface area contributed by atoms with Crippen molar-refractivity contribution in [3.8, 4) is 5.75 Å². The highest BCUT2D eigenvalue weighted by molar-refractivity contribution is 7.91. The third-order valence-corrected chi connectivity index (χ3v) is 6.88. The van der Waals surface area contributed by atoms with Crippen molar-refractivity contribution in [2.45, 2.75) is 9.79 Å². The number of nitrogens with one attached hydrogen (secondary N) is 1. The Hall–Kier alpha value is -4.83. The monoisotopic (exact) mass is 502 g/mol. The largest absolute Gasteiger partial charge is 0.423 e. The molecule has 180 valence electrons. The van der Waals surface area contributed by atoms with Crippen LogP contribution in [0.25, 0.3) is 0 Å². The van der Waals surface area contributed by atoms with Gasteiger partial charge < -0.3 is 10.1 Å². The van der Waals surface area contributed by atoms with Crippen LogP contribution in [0.15, 0.2) is 113 Å². The van der Waals surface area contributed by atoms with Gasteiger partial charge in [-0.05, 0) is 60.7 Å².